The Labute approximate surface area is 311 Å². The van der Waals surface area contributed by atoms with Crippen molar-refractivity contribution < 1.29 is 4.79 Å². The molecule has 3 aromatic carbocycles. The van der Waals surface area contributed by atoms with Crippen LogP contribution >= 0.6 is 34.8 Å². The highest BCUT2D eigenvalue weighted by Crippen LogP contribution is 2.51. The van der Waals surface area contributed by atoms with Gasteiger partial charge in [0.2, 0.25) is 0 Å². The van der Waals surface area contributed by atoms with Crippen LogP contribution in [0.2, 0.25) is 15.1 Å². The molecule has 0 radical (unpaired) electrons. The Kier molecular flexibility index (Phi) is 8.51. The first kappa shape index (κ1) is 32.6. The predicted octanol–water partition coefficient (Wildman–Crippen LogP) is 9.71. The van der Waals surface area contributed by atoms with E-state index in [2.05, 4.69) is 29.7 Å². The zero-order chi connectivity index (χ0) is 34.6. The highest BCUT2D eigenvalue weighted by atomic mass is 35.5. The molecule has 2 N–H and O–H groups in total. The number of benzene rings is 3. The van der Waals surface area contributed by atoms with E-state index in [1.54, 1.807) is 18.5 Å². The smallest absolute Gasteiger partial charge is 0.272 e. The Morgan fingerprint density at radius 2 is 1.67 bits per heavy atom. The van der Waals surface area contributed by atoms with E-state index in [1.165, 1.54) is 32.1 Å². The number of amides is 1. The molecule has 3 aromatic heterocycles. The molecule has 1 saturated carbocycles. The first-order valence-corrected chi connectivity index (χ1v) is 18.7. The second kappa shape index (κ2) is 13.3. The number of piperazine rings is 1. The second-order valence-electron chi connectivity index (χ2n) is 13.7. The van der Waals surface area contributed by atoms with Gasteiger partial charge in [-0.25, -0.2) is 4.98 Å². The van der Waals surface area contributed by atoms with Crippen LogP contribution in [0.4, 0.5) is 11.4 Å². The van der Waals surface area contributed by atoms with E-state index < -0.39 is 0 Å². The van der Waals surface area contributed by atoms with E-state index in [4.69, 9.17) is 39.8 Å². The summed E-state index contributed by atoms with van der Waals surface area (Å²) in [6.45, 7) is 3.83. The van der Waals surface area contributed by atoms with Gasteiger partial charge in [-0.05, 0) is 54.3 Å². The highest BCUT2D eigenvalue weighted by Gasteiger charge is 2.37. The molecule has 8 nitrogen and oxygen atoms in total. The molecule has 5 heterocycles. The van der Waals surface area contributed by atoms with Gasteiger partial charge in [-0.3, -0.25) is 14.7 Å². The first-order chi connectivity index (χ1) is 24.9. The van der Waals surface area contributed by atoms with Gasteiger partial charge in [0.15, 0.2) is 0 Å². The summed E-state index contributed by atoms with van der Waals surface area (Å²) in [6.07, 6.45) is 12.0. The number of fused-ring (bicyclic) bond motifs is 2. The van der Waals surface area contributed by atoms with Gasteiger partial charge in [-0.2, -0.15) is 0 Å². The number of imidazole rings is 1. The van der Waals surface area contributed by atoms with Crippen LogP contribution < -0.4 is 10.2 Å². The third-order valence-corrected chi connectivity index (χ3v) is 11.6. The lowest BCUT2D eigenvalue weighted by atomic mass is 9.87. The maximum absolute atomic E-state index is 14.6. The Hall–Kier alpha value is -4.34. The lowest BCUT2D eigenvalue weighted by molar-refractivity contribution is 0.102. The average Bonchev–Trinajstić information content (AvgIpc) is 3.76. The molecule has 0 bridgehead atoms. The van der Waals surface area contributed by atoms with Crippen LogP contribution in [0.1, 0.15) is 59.8 Å². The van der Waals surface area contributed by atoms with E-state index in [9.17, 15) is 4.79 Å². The number of carbonyl (C=O) groups excluding carboxylic acids is 1. The van der Waals surface area contributed by atoms with Gasteiger partial charge in [-0.1, -0.05) is 90.5 Å². The molecule has 2 aliphatic heterocycles. The minimum absolute atomic E-state index is 0.270. The Morgan fingerprint density at radius 3 is 2.45 bits per heavy atom. The molecule has 51 heavy (non-hydrogen) atoms. The summed E-state index contributed by atoms with van der Waals surface area (Å²) in [5.41, 5.74) is 7.87. The van der Waals surface area contributed by atoms with Gasteiger partial charge in [0.25, 0.3) is 5.91 Å². The van der Waals surface area contributed by atoms with Crippen LogP contribution in [0.25, 0.3) is 33.4 Å². The molecule has 1 amide bonds. The number of aromatic nitrogens is 4. The molecule has 258 valence electrons. The summed E-state index contributed by atoms with van der Waals surface area (Å²) in [7, 11) is 0. The molecule has 1 aliphatic carbocycles. The number of aromatic amines is 1. The quantitative estimate of drug-likeness (QED) is 0.178. The van der Waals surface area contributed by atoms with Gasteiger partial charge in [0.05, 0.1) is 41.3 Å². The number of halogens is 3. The highest BCUT2D eigenvalue weighted by molar-refractivity contribution is 6.35. The average molecular weight is 737 g/mol. The van der Waals surface area contributed by atoms with Gasteiger partial charge in [0, 0.05) is 75.5 Å². The number of hydrogen-bond donors (Lipinski definition) is 2. The van der Waals surface area contributed by atoms with Gasteiger partial charge < -0.3 is 19.8 Å². The van der Waals surface area contributed by atoms with Gasteiger partial charge in [0.1, 0.15) is 5.69 Å². The van der Waals surface area contributed by atoms with Crippen molar-refractivity contribution >= 4 is 63.0 Å². The van der Waals surface area contributed by atoms with E-state index in [0.29, 0.717) is 32.5 Å². The largest absolute Gasteiger partial charge is 0.367 e. The number of carbonyl (C=O) groups is 1. The van der Waals surface area contributed by atoms with Crippen LogP contribution in [0, 0.1) is 0 Å². The molecule has 3 aliphatic rings. The number of H-pyrrole nitrogens is 1. The third kappa shape index (κ3) is 5.78. The predicted molar refractivity (Wildman–Crippen MR) is 207 cm³/mol. The van der Waals surface area contributed by atoms with Crippen molar-refractivity contribution in [3.8, 4) is 22.5 Å². The standard InChI is InChI=1S/C40H36Cl3N7O/c41-25-11-12-28(30(43)20-25)38-29-19-26(42)21-31-34(29)35(39-36(45-23-50(38)39)24-7-3-1-4-8-24)37(46-31)40(51)47-32-22-44-14-13-33(32)49-17-15-48(16-18-49)27-9-5-2-6-10-27/h1,3-4,7-8,11-14,19-23,27,38,46H,2,5-6,9-10,15-18H2,(H,47,51)/t38-/m1/s1. The van der Waals surface area contributed by atoms with E-state index in [-0.39, 0.29) is 11.9 Å². The number of nitrogens with zero attached hydrogens (tertiary/aromatic N) is 5. The molecule has 1 saturated heterocycles. The van der Waals surface area contributed by atoms with Crippen molar-refractivity contribution in [3.63, 3.8) is 0 Å². The van der Waals surface area contributed by atoms with Gasteiger partial charge >= 0.3 is 0 Å². The second-order valence-corrected chi connectivity index (χ2v) is 15.0. The summed E-state index contributed by atoms with van der Waals surface area (Å²) in [5, 5.41) is 5.77. The van der Waals surface area contributed by atoms with E-state index in [0.717, 1.165) is 76.4 Å². The summed E-state index contributed by atoms with van der Waals surface area (Å²) < 4.78 is 2.09. The molecular weight excluding hydrogens is 701 g/mol. The van der Waals surface area contributed by atoms with Crippen molar-refractivity contribution in [2.45, 2.75) is 44.2 Å². The fraction of sp³-hybridized carbons (Fsp3) is 0.275. The number of anilines is 2. The van der Waals surface area contributed by atoms with Crippen molar-refractivity contribution in [2.24, 2.45) is 0 Å². The molecule has 9 rings (SSSR count). The molecular formula is C40H36Cl3N7O. The van der Waals surface area contributed by atoms with E-state index >= 15 is 0 Å². The molecule has 0 spiro atoms. The topological polar surface area (TPSA) is 82.1 Å². The summed E-state index contributed by atoms with van der Waals surface area (Å²) in [6, 6.07) is 21.7. The molecule has 1 atom stereocenters. The fourth-order valence-electron chi connectivity index (χ4n) is 8.47. The van der Waals surface area contributed by atoms with Crippen LogP contribution in [0.15, 0.2) is 85.5 Å². The monoisotopic (exact) mass is 735 g/mol. The van der Waals surface area contributed by atoms with Crippen molar-refractivity contribution in [1.82, 2.24) is 24.4 Å². The minimum atomic E-state index is -0.368. The molecule has 6 aromatic rings. The lowest BCUT2D eigenvalue weighted by Crippen LogP contribution is -2.51. The van der Waals surface area contributed by atoms with Crippen LogP contribution in [-0.4, -0.2) is 62.5 Å². The fourth-order valence-corrected chi connectivity index (χ4v) is 9.21. The molecule has 0 unspecified atom stereocenters. The van der Waals surface area contributed by atoms with Crippen LogP contribution in [0.5, 0.6) is 0 Å². The SMILES string of the molecule is O=C(Nc1cnccc1N1CCN(C2CCCCC2)CC1)c1[nH]c2cc(Cl)cc3c2c1-c1c(-c2ccccc2)ncn1[C@@H]3c1ccc(Cl)cc1Cl. The zero-order valence-electron chi connectivity index (χ0n) is 27.9. The maximum Gasteiger partial charge on any atom is 0.272 e. The summed E-state index contributed by atoms with van der Waals surface area (Å²) in [4.78, 5) is 32.5. The number of nitrogens with one attached hydrogen (secondary N) is 2. The number of hydrogen-bond acceptors (Lipinski definition) is 5. The number of pyridine rings is 1. The van der Waals surface area contributed by atoms with Crippen LogP contribution in [-0.2, 0) is 0 Å². The van der Waals surface area contributed by atoms with Crippen LogP contribution in [0.3, 0.4) is 0 Å². The third-order valence-electron chi connectivity index (χ3n) is 10.8. The maximum atomic E-state index is 14.6. The molecule has 11 heteroatoms. The van der Waals surface area contributed by atoms with Crippen molar-refractivity contribution in [2.75, 3.05) is 36.4 Å². The zero-order valence-corrected chi connectivity index (χ0v) is 30.1. The Morgan fingerprint density at radius 1 is 0.863 bits per heavy atom. The summed E-state index contributed by atoms with van der Waals surface area (Å²) >= 11 is 20.0. The lowest BCUT2D eigenvalue weighted by Gasteiger charge is -2.41. The van der Waals surface area contributed by atoms with Gasteiger partial charge in [-0.15, -0.1) is 0 Å². The van der Waals surface area contributed by atoms with Crippen molar-refractivity contribution in [1.29, 1.82) is 0 Å². The van der Waals surface area contributed by atoms with E-state index in [1.807, 2.05) is 67.0 Å². The normalized spacial score (nSPS) is 17.9. The minimum Gasteiger partial charge on any atom is -0.367 e. The first-order valence-electron chi connectivity index (χ1n) is 17.6. The number of rotatable bonds is 6. The Balaban J connectivity index is 1.13. The molecule has 2 fully saturated rings. The Bertz CT molecular complexity index is 2270. The van der Waals surface area contributed by atoms with Crippen molar-refractivity contribution in [3.05, 3.63) is 117 Å². The summed E-state index contributed by atoms with van der Waals surface area (Å²) in [5.74, 6) is -0.270.